The minimum absolute atomic E-state index is 0.0472. The first-order valence-electron chi connectivity index (χ1n) is 9.74. The smallest absolute Gasteiger partial charge is 0.260 e. The quantitative estimate of drug-likeness (QED) is 0.752. The molecule has 0 spiro atoms. The normalized spacial score (nSPS) is 15.4. The Labute approximate surface area is 173 Å². The summed E-state index contributed by atoms with van der Waals surface area (Å²) in [5.41, 5.74) is 4.25. The summed E-state index contributed by atoms with van der Waals surface area (Å²) in [4.78, 5) is 14.5. The van der Waals surface area contributed by atoms with Crippen molar-refractivity contribution in [1.29, 1.82) is 0 Å². The van der Waals surface area contributed by atoms with E-state index in [1.807, 2.05) is 33.8 Å². The largest absolute Gasteiger partial charge is 0.483 e. The topological polar surface area (TPSA) is 66.9 Å². The molecule has 3 rings (SSSR count). The molecule has 0 N–H and O–H groups in total. The van der Waals surface area contributed by atoms with Gasteiger partial charge in [-0.1, -0.05) is 23.8 Å². The maximum Gasteiger partial charge on any atom is 0.260 e. The summed E-state index contributed by atoms with van der Waals surface area (Å²) in [7, 11) is -3.53. The van der Waals surface area contributed by atoms with Crippen LogP contribution in [0, 0.1) is 27.7 Å². The zero-order valence-electron chi connectivity index (χ0n) is 17.4. The van der Waals surface area contributed by atoms with E-state index in [0.717, 1.165) is 28.0 Å². The van der Waals surface area contributed by atoms with Crippen molar-refractivity contribution >= 4 is 15.9 Å². The number of hydrogen-bond donors (Lipinski definition) is 0. The molecule has 2 aromatic carbocycles. The van der Waals surface area contributed by atoms with Crippen molar-refractivity contribution in [3.8, 4) is 5.75 Å². The number of nitrogens with zero attached hydrogens (tertiary/aromatic N) is 2. The summed E-state index contributed by atoms with van der Waals surface area (Å²) in [6, 6.07) is 10.8. The van der Waals surface area contributed by atoms with Gasteiger partial charge in [0.05, 0.1) is 4.90 Å². The highest BCUT2D eigenvalue weighted by atomic mass is 32.2. The van der Waals surface area contributed by atoms with Crippen molar-refractivity contribution in [2.45, 2.75) is 32.6 Å². The third kappa shape index (κ3) is 4.79. The second-order valence-corrected chi connectivity index (χ2v) is 9.53. The summed E-state index contributed by atoms with van der Waals surface area (Å²) in [5.74, 6) is 0.590. The van der Waals surface area contributed by atoms with Gasteiger partial charge in [0, 0.05) is 26.2 Å². The van der Waals surface area contributed by atoms with Crippen LogP contribution in [0.2, 0.25) is 0 Å². The van der Waals surface area contributed by atoms with Gasteiger partial charge in [-0.05, 0) is 62.6 Å². The number of ether oxygens (including phenoxy) is 1. The Balaban J connectivity index is 1.58. The van der Waals surface area contributed by atoms with E-state index in [1.165, 1.54) is 4.31 Å². The van der Waals surface area contributed by atoms with Crippen molar-refractivity contribution in [3.63, 3.8) is 0 Å². The Hall–Kier alpha value is -2.38. The molecular formula is C22H28N2O4S. The molecule has 0 radical (unpaired) electrons. The van der Waals surface area contributed by atoms with Crippen molar-refractivity contribution in [1.82, 2.24) is 9.21 Å². The van der Waals surface area contributed by atoms with Crippen LogP contribution in [-0.4, -0.2) is 56.3 Å². The fourth-order valence-corrected chi connectivity index (χ4v) is 4.84. The van der Waals surface area contributed by atoms with E-state index >= 15 is 0 Å². The van der Waals surface area contributed by atoms with Gasteiger partial charge in [-0.15, -0.1) is 0 Å². The molecule has 0 aliphatic carbocycles. The third-order valence-corrected chi connectivity index (χ3v) is 7.28. The predicted octanol–water partition coefficient (Wildman–Crippen LogP) is 2.83. The van der Waals surface area contributed by atoms with Gasteiger partial charge in [0.25, 0.3) is 5.91 Å². The second-order valence-electron chi connectivity index (χ2n) is 7.59. The van der Waals surface area contributed by atoms with Crippen molar-refractivity contribution < 1.29 is 17.9 Å². The molecule has 1 aliphatic rings. The monoisotopic (exact) mass is 416 g/mol. The Kier molecular flexibility index (Phi) is 6.29. The lowest BCUT2D eigenvalue weighted by molar-refractivity contribution is -0.134. The molecule has 1 amide bonds. The molecule has 2 aromatic rings. The van der Waals surface area contributed by atoms with Gasteiger partial charge in [-0.3, -0.25) is 4.79 Å². The highest BCUT2D eigenvalue weighted by Crippen LogP contribution is 2.23. The number of carbonyl (C=O) groups excluding carboxylic acids is 1. The van der Waals surface area contributed by atoms with Gasteiger partial charge in [-0.25, -0.2) is 8.42 Å². The Bertz CT molecular complexity index is 992. The first kappa shape index (κ1) is 21.3. The first-order chi connectivity index (χ1) is 13.7. The molecule has 1 fully saturated rings. The average Bonchev–Trinajstić information content (AvgIpc) is 2.69. The van der Waals surface area contributed by atoms with Crippen LogP contribution < -0.4 is 4.74 Å². The fraction of sp³-hybridized carbons (Fsp3) is 0.409. The standard InChI is InChI=1S/C22H28N2O4S/c1-16-5-7-20(8-6-16)29(26,27)24-11-9-23(10-12-24)22(25)15-28-21-14-17(2)13-18(3)19(21)4/h5-8,13-14H,9-12,15H2,1-4H3. The molecular weight excluding hydrogens is 388 g/mol. The van der Waals surface area contributed by atoms with Gasteiger partial charge in [-0.2, -0.15) is 4.31 Å². The summed E-state index contributed by atoms with van der Waals surface area (Å²) >= 11 is 0. The van der Waals surface area contributed by atoms with Gasteiger partial charge < -0.3 is 9.64 Å². The van der Waals surface area contributed by atoms with Crippen molar-refractivity contribution in [2.75, 3.05) is 32.8 Å². The predicted molar refractivity (Wildman–Crippen MR) is 113 cm³/mol. The maximum absolute atomic E-state index is 12.8. The highest BCUT2D eigenvalue weighted by Gasteiger charge is 2.30. The zero-order chi connectivity index (χ0) is 21.2. The number of carbonyl (C=O) groups is 1. The van der Waals surface area contributed by atoms with Crippen LogP contribution in [0.25, 0.3) is 0 Å². The Morgan fingerprint density at radius 1 is 0.931 bits per heavy atom. The van der Waals surface area contributed by atoms with E-state index < -0.39 is 10.0 Å². The molecule has 29 heavy (non-hydrogen) atoms. The molecule has 1 aliphatic heterocycles. The van der Waals surface area contributed by atoms with E-state index in [0.29, 0.717) is 13.1 Å². The summed E-state index contributed by atoms with van der Waals surface area (Å²) in [6.07, 6.45) is 0. The number of amides is 1. The van der Waals surface area contributed by atoms with E-state index in [1.54, 1.807) is 29.2 Å². The minimum atomic E-state index is -3.53. The molecule has 1 heterocycles. The van der Waals surface area contributed by atoms with Crippen LogP contribution in [0.3, 0.4) is 0 Å². The average molecular weight is 417 g/mol. The molecule has 0 unspecified atom stereocenters. The van der Waals surface area contributed by atoms with Gasteiger partial charge >= 0.3 is 0 Å². The Morgan fingerprint density at radius 2 is 1.55 bits per heavy atom. The zero-order valence-corrected chi connectivity index (χ0v) is 18.3. The van der Waals surface area contributed by atoms with E-state index in [4.69, 9.17) is 4.74 Å². The maximum atomic E-state index is 12.8. The first-order valence-corrected chi connectivity index (χ1v) is 11.2. The summed E-state index contributed by atoms with van der Waals surface area (Å²) in [6.45, 7) is 9.15. The Morgan fingerprint density at radius 3 is 2.17 bits per heavy atom. The highest BCUT2D eigenvalue weighted by molar-refractivity contribution is 7.89. The van der Waals surface area contributed by atoms with E-state index in [9.17, 15) is 13.2 Å². The van der Waals surface area contributed by atoms with E-state index in [2.05, 4.69) is 6.07 Å². The van der Waals surface area contributed by atoms with Crippen molar-refractivity contribution in [2.24, 2.45) is 0 Å². The molecule has 6 nitrogen and oxygen atoms in total. The van der Waals surface area contributed by atoms with Gasteiger partial charge in [0.1, 0.15) is 5.75 Å². The third-order valence-electron chi connectivity index (χ3n) is 5.37. The molecule has 0 aromatic heterocycles. The van der Waals surface area contributed by atoms with E-state index in [-0.39, 0.29) is 30.5 Å². The lowest BCUT2D eigenvalue weighted by Gasteiger charge is -2.34. The minimum Gasteiger partial charge on any atom is -0.483 e. The number of sulfonamides is 1. The molecule has 156 valence electrons. The van der Waals surface area contributed by atoms with Crippen molar-refractivity contribution in [3.05, 3.63) is 58.7 Å². The van der Waals surface area contributed by atoms with Crippen LogP contribution >= 0.6 is 0 Å². The number of hydrogen-bond acceptors (Lipinski definition) is 4. The number of aryl methyl sites for hydroxylation is 3. The lowest BCUT2D eigenvalue weighted by atomic mass is 10.1. The summed E-state index contributed by atoms with van der Waals surface area (Å²) < 4.78 is 32.8. The van der Waals surface area contributed by atoms with Crippen LogP contribution in [0.1, 0.15) is 22.3 Å². The SMILES string of the molecule is Cc1ccc(S(=O)(=O)N2CCN(C(=O)COc3cc(C)cc(C)c3C)CC2)cc1. The number of benzene rings is 2. The number of rotatable bonds is 5. The van der Waals surface area contributed by atoms with Crippen LogP contribution in [0.5, 0.6) is 5.75 Å². The molecule has 0 saturated carbocycles. The van der Waals surface area contributed by atoms with Crippen LogP contribution in [0.15, 0.2) is 41.3 Å². The van der Waals surface area contributed by atoms with Gasteiger partial charge in [0.2, 0.25) is 10.0 Å². The molecule has 0 atom stereocenters. The molecule has 1 saturated heterocycles. The fourth-order valence-electron chi connectivity index (χ4n) is 3.42. The van der Waals surface area contributed by atoms with Crippen LogP contribution in [-0.2, 0) is 14.8 Å². The molecule has 0 bridgehead atoms. The second kappa shape index (κ2) is 8.55. The molecule has 7 heteroatoms. The number of piperazine rings is 1. The lowest BCUT2D eigenvalue weighted by Crippen LogP contribution is -2.51. The van der Waals surface area contributed by atoms with Gasteiger partial charge in [0.15, 0.2) is 6.61 Å². The van der Waals surface area contributed by atoms with Crippen LogP contribution in [0.4, 0.5) is 0 Å². The summed E-state index contributed by atoms with van der Waals surface area (Å²) in [5, 5.41) is 0.